The Labute approximate surface area is 112 Å². The molecule has 1 atom stereocenters. The lowest BCUT2D eigenvalue weighted by molar-refractivity contribution is 0.190. The van der Waals surface area contributed by atoms with E-state index in [0.29, 0.717) is 12.4 Å². The van der Waals surface area contributed by atoms with Gasteiger partial charge in [0.1, 0.15) is 17.4 Å². The summed E-state index contributed by atoms with van der Waals surface area (Å²) in [7, 11) is 0. The fourth-order valence-corrected chi connectivity index (χ4v) is 2.31. The SMILES string of the molecule is C[C@H](O)c1ccc(Br)cc1OCc1nccs1. The van der Waals surface area contributed by atoms with Crippen LogP contribution in [0.5, 0.6) is 5.75 Å². The van der Waals surface area contributed by atoms with Crippen molar-refractivity contribution in [3.63, 3.8) is 0 Å². The third kappa shape index (κ3) is 3.28. The van der Waals surface area contributed by atoms with E-state index in [-0.39, 0.29) is 0 Å². The summed E-state index contributed by atoms with van der Waals surface area (Å²) in [5.41, 5.74) is 0.782. The molecule has 0 spiro atoms. The Morgan fingerprint density at radius 3 is 3.00 bits per heavy atom. The number of aliphatic hydroxyl groups is 1. The second-order valence-electron chi connectivity index (χ2n) is 3.57. The lowest BCUT2D eigenvalue weighted by atomic mass is 10.1. The first kappa shape index (κ1) is 12.5. The molecule has 1 heterocycles. The number of benzene rings is 1. The highest BCUT2D eigenvalue weighted by Crippen LogP contribution is 2.29. The van der Waals surface area contributed by atoms with E-state index in [9.17, 15) is 5.11 Å². The average molecular weight is 314 g/mol. The molecule has 0 saturated carbocycles. The topological polar surface area (TPSA) is 42.4 Å². The first-order chi connectivity index (χ1) is 8.16. The molecule has 90 valence electrons. The van der Waals surface area contributed by atoms with E-state index in [1.165, 1.54) is 0 Å². The highest BCUT2D eigenvalue weighted by Gasteiger charge is 2.10. The molecule has 1 N–H and O–H groups in total. The molecule has 1 aromatic heterocycles. The molecule has 0 radical (unpaired) electrons. The van der Waals surface area contributed by atoms with E-state index in [2.05, 4.69) is 20.9 Å². The molecule has 0 aliphatic carbocycles. The smallest absolute Gasteiger partial charge is 0.140 e. The van der Waals surface area contributed by atoms with E-state index in [4.69, 9.17) is 4.74 Å². The first-order valence-electron chi connectivity index (χ1n) is 5.15. The zero-order chi connectivity index (χ0) is 12.3. The van der Waals surface area contributed by atoms with Crippen LogP contribution in [0, 0.1) is 0 Å². The Morgan fingerprint density at radius 2 is 2.35 bits per heavy atom. The van der Waals surface area contributed by atoms with Gasteiger partial charge in [-0.25, -0.2) is 4.98 Å². The largest absolute Gasteiger partial charge is 0.486 e. The van der Waals surface area contributed by atoms with Gasteiger partial charge in [-0.2, -0.15) is 0 Å². The standard InChI is InChI=1S/C12H12BrNO2S/c1-8(15)10-3-2-9(13)6-11(10)16-7-12-14-4-5-17-12/h2-6,8,15H,7H2,1H3/t8-/m0/s1. The van der Waals surface area contributed by atoms with Gasteiger partial charge in [0.05, 0.1) is 6.10 Å². The van der Waals surface area contributed by atoms with Gasteiger partial charge in [0.25, 0.3) is 0 Å². The first-order valence-corrected chi connectivity index (χ1v) is 6.83. The molecular weight excluding hydrogens is 302 g/mol. The second-order valence-corrected chi connectivity index (χ2v) is 5.47. The van der Waals surface area contributed by atoms with Crippen molar-refractivity contribution in [1.82, 2.24) is 4.98 Å². The lowest BCUT2D eigenvalue weighted by Gasteiger charge is -2.13. The van der Waals surface area contributed by atoms with Crippen LogP contribution in [-0.4, -0.2) is 10.1 Å². The van der Waals surface area contributed by atoms with Gasteiger partial charge in [-0.3, -0.25) is 0 Å². The number of rotatable bonds is 4. The summed E-state index contributed by atoms with van der Waals surface area (Å²) in [5.74, 6) is 0.685. The summed E-state index contributed by atoms with van der Waals surface area (Å²) in [6, 6.07) is 5.60. The Hall–Kier alpha value is -0.910. The van der Waals surface area contributed by atoms with E-state index in [0.717, 1.165) is 15.0 Å². The maximum Gasteiger partial charge on any atom is 0.140 e. The molecule has 0 amide bonds. The number of halogens is 1. The molecule has 5 heteroatoms. The Balaban J connectivity index is 2.16. The van der Waals surface area contributed by atoms with Gasteiger partial charge in [-0.1, -0.05) is 22.0 Å². The number of aromatic nitrogens is 1. The Morgan fingerprint density at radius 1 is 1.53 bits per heavy atom. The van der Waals surface area contributed by atoms with Gasteiger partial charge >= 0.3 is 0 Å². The molecule has 2 aromatic rings. The third-order valence-electron chi connectivity index (χ3n) is 2.26. The zero-order valence-corrected chi connectivity index (χ0v) is 11.7. The second kappa shape index (κ2) is 5.62. The average Bonchev–Trinajstić information content (AvgIpc) is 2.78. The fraction of sp³-hybridized carbons (Fsp3) is 0.250. The van der Waals surface area contributed by atoms with E-state index in [1.807, 2.05) is 23.6 Å². The van der Waals surface area contributed by atoms with Crippen molar-refractivity contribution < 1.29 is 9.84 Å². The van der Waals surface area contributed by atoms with Gasteiger partial charge in [-0.05, 0) is 19.1 Å². The minimum atomic E-state index is -0.547. The van der Waals surface area contributed by atoms with Crippen molar-refractivity contribution >= 4 is 27.3 Å². The van der Waals surface area contributed by atoms with Crippen LogP contribution in [0.3, 0.4) is 0 Å². The minimum Gasteiger partial charge on any atom is -0.486 e. The van der Waals surface area contributed by atoms with Gasteiger partial charge in [0.2, 0.25) is 0 Å². The lowest BCUT2D eigenvalue weighted by Crippen LogP contribution is -2.00. The molecule has 0 aliphatic heterocycles. The van der Waals surface area contributed by atoms with Crippen LogP contribution in [0.15, 0.2) is 34.2 Å². The summed E-state index contributed by atoms with van der Waals surface area (Å²) in [4.78, 5) is 4.15. The molecule has 2 rings (SSSR count). The molecular formula is C12H12BrNO2S. The quantitative estimate of drug-likeness (QED) is 0.938. The van der Waals surface area contributed by atoms with Gasteiger partial charge in [0, 0.05) is 21.6 Å². The predicted octanol–water partition coefficient (Wildman–Crippen LogP) is 3.54. The van der Waals surface area contributed by atoms with Crippen molar-refractivity contribution in [3.8, 4) is 5.75 Å². The summed E-state index contributed by atoms with van der Waals surface area (Å²) >= 11 is 4.94. The summed E-state index contributed by atoms with van der Waals surface area (Å²) in [6.45, 7) is 2.15. The molecule has 0 saturated heterocycles. The zero-order valence-electron chi connectivity index (χ0n) is 9.26. The molecule has 0 unspecified atom stereocenters. The van der Waals surface area contributed by atoms with Crippen LogP contribution in [-0.2, 0) is 6.61 Å². The van der Waals surface area contributed by atoms with Crippen LogP contribution in [0.2, 0.25) is 0 Å². The van der Waals surface area contributed by atoms with Gasteiger partial charge < -0.3 is 9.84 Å². The monoisotopic (exact) mass is 313 g/mol. The Kier molecular flexibility index (Phi) is 4.15. The number of thiazole rings is 1. The predicted molar refractivity (Wildman–Crippen MR) is 71.2 cm³/mol. The molecule has 3 nitrogen and oxygen atoms in total. The summed E-state index contributed by atoms with van der Waals surface area (Å²) in [6.07, 6.45) is 1.20. The highest BCUT2D eigenvalue weighted by atomic mass is 79.9. The summed E-state index contributed by atoms with van der Waals surface area (Å²) in [5, 5.41) is 12.5. The number of hydrogen-bond donors (Lipinski definition) is 1. The molecule has 0 bridgehead atoms. The molecule has 1 aromatic carbocycles. The fourth-order valence-electron chi connectivity index (χ4n) is 1.44. The van der Waals surface area contributed by atoms with Crippen LogP contribution in [0.1, 0.15) is 23.6 Å². The highest BCUT2D eigenvalue weighted by molar-refractivity contribution is 9.10. The van der Waals surface area contributed by atoms with Crippen LogP contribution in [0.4, 0.5) is 0 Å². The van der Waals surface area contributed by atoms with Gasteiger partial charge in [-0.15, -0.1) is 11.3 Å². The normalized spacial score (nSPS) is 12.4. The van der Waals surface area contributed by atoms with Crippen molar-refractivity contribution in [2.45, 2.75) is 19.6 Å². The van der Waals surface area contributed by atoms with Crippen molar-refractivity contribution in [3.05, 3.63) is 44.8 Å². The van der Waals surface area contributed by atoms with E-state index < -0.39 is 6.10 Å². The number of nitrogens with zero attached hydrogens (tertiary/aromatic N) is 1. The maximum atomic E-state index is 9.64. The van der Waals surface area contributed by atoms with Crippen LogP contribution >= 0.6 is 27.3 Å². The molecule has 0 aliphatic rings. The summed E-state index contributed by atoms with van der Waals surface area (Å²) < 4.78 is 6.61. The van der Waals surface area contributed by atoms with Crippen molar-refractivity contribution in [2.24, 2.45) is 0 Å². The number of aliphatic hydroxyl groups excluding tert-OH is 1. The van der Waals surface area contributed by atoms with Crippen molar-refractivity contribution in [2.75, 3.05) is 0 Å². The molecule has 17 heavy (non-hydrogen) atoms. The Bertz CT molecular complexity index is 485. The minimum absolute atomic E-state index is 0.424. The van der Waals surface area contributed by atoms with E-state index in [1.54, 1.807) is 24.5 Å². The van der Waals surface area contributed by atoms with E-state index >= 15 is 0 Å². The third-order valence-corrected chi connectivity index (χ3v) is 3.51. The van der Waals surface area contributed by atoms with Crippen LogP contribution < -0.4 is 4.74 Å². The number of hydrogen-bond acceptors (Lipinski definition) is 4. The molecule has 0 fully saturated rings. The van der Waals surface area contributed by atoms with Crippen LogP contribution in [0.25, 0.3) is 0 Å². The van der Waals surface area contributed by atoms with Gasteiger partial charge in [0.15, 0.2) is 0 Å². The maximum absolute atomic E-state index is 9.64. The van der Waals surface area contributed by atoms with Crippen molar-refractivity contribution in [1.29, 1.82) is 0 Å². The number of ether oxygens (including phenoxy) is 1.